The molecule has 1 aliphatic rings. The van der Waals surface area contributed by atoms with E-state index in [0.29, 0.717) is 37.2 Å². The van der Waals surface area contributed by atoms with Crippen LogP contribution in [0.25, 0.3) is 0 Å². The Morgan fingerprint density at radius 2 is 1.93 bits per heavy atom. The van der Waals surface area contributed by atoms with Crippen molar-refractivity contribution in [3.8, 4) is 0 Å². The summed E-state index contributed by atoms with van der Waals surface area (Å²) in [5, 5.41) is 2.72. The molecule has 1 atom stereocenters. The Morgan fingerprint density at radius 1 is 1.20 bits per heavy atom. The van der Waals surface area contributed by atoms with Gasteiger partial charge in [-0.1, -0.05) is 24.3 Å². The number of anilines is 1. The lowest BCUT2D eigenvalue weighted by molar-refractivity contribution is 0.162. The highest BCUT2D eigenvalue weighted by atomic mass is 32.2. The van der Waals surface area contributed by atoms with Gasteiger partial charge in [-0.3, -0.25) is 0 Å². The van der Waals surface area contributed by atoms with Gasteiger partial charge in [0.25, 0.3) is 0 Å². The van der Waals surface area contributed by atoms with E-state index in [2.05, 4.69) is 10.0 Å². The van der Waals surface area contributed by atoms with Gasteiger partial charge in [-0.15, -0.1) is 0 Å². The van der Waals surface area contributed by atoms with Gasteiger partial charge in [-0.25, -0.2) is 22.3 Å². The minimum Gasteiger partial charge on any atom is -0.385 e. The van der Waals surface area contributed by atoms with Gasteiger partial charge in [0.1, 0.15) is 5.82 Å². The molecule has 0 spiro atoms. The predicted octanol–water partition coefficient (Wildman–Crippen LogP) is 3.13. The average Bonchev–Trinajstić information content (AvgIpc) is 3.14. The number of carbonyl (C=O) groups excluding carboxylic acids is 1. The summed E-state index contributed by atoms with van der Waals surface area (Å²) in [4.78, 5) is 14.5. The summed E-state index contributed by atoms with van der Waals surface area (Å²) in [6.45, 7) is 2.48. The molecule has 1 aliphatic heterocycles. The maximum atomic E-state index is 13.8. The van der Waals surface area contributed by atoms with Crippen LogP contribution in [0.3, 0.4) is 0 Å². The molecule has 1 saturated heterocycles. The maximum absolute atomic E-state index is 13.8. The summed E-state index contributed by atoms with van der Waals surface area (Å²) >= 11 is 0. The number of benzene rings is 2. The lowest BCUT2D eigenvalue weighted by Crippen LogP contribution is -2.51. The molecular weight excluding hydrogens is 409 g/mol. The summed E-state index contributed by atoms with van der Waals surface area (Å²) in [7, 11) is -2.22. The Morgan fingerprint density at radius 3 is 2.63 bits per heavy atom. The minimum absolute atomic E-state index is 0.167. The first kappa shape index (κ1) is 22.2. The summed E-state index contributed by atoms with van der Waals surface area (Å²) in [6, 6.07) is 12.2. The molecule has 30 heavy (non-hydrogen) atoms. The first-order valence-electron chi connectivity index (χ1n) is 9.65. The monoisotopic (exact) mass is 435 g/mol. The lowest BCUT2D eigenvalue weighted by Gasteiger charge is -2.30. The number of methoxy groups -OCH3 is 1. The van der Waals surface area contributed by atoms with Crippen molar-refractivity contribution in [1.82, 2.24) is 9.62 Å². The highest BCUT2D eigenvalue weighted by Crippen LogP contribution is 2.28. The molecule has 3 rings (SSSR count). The van der Waals surface area contributed by atoms with E-state index in [-0.39, 0.29) is 11.4 Å². The van der Waals surface area contributed by atoms with Crippen LogP contribution in [0, 0.1) is 12.7 Å². The number of urea groups is 1. The maximum Gasteiger partial charge on any atom is 0.321 e. The zero-order valence-electron chi connectivity index (χ0n) is 17.0. The van der Waals surface area contributed by atoms with E-state index in [0.717, 1.165) is 0 Å². The topological polar surface area (TPSA) is 87.7 Å². The van der Waals surface area contributed by atoms with Crippen LogP contribution in [-0.2, 0) is 14.8 Å². The number of nitrogens with one attached hydrogen (secondary N) is 2. The molecule has 9 heteroatoms. The van der Waals surface area contributed by atoms with E-state index in [1.165, 1.54) is 29.2 Å². The molecule has 2 aromatic carbocycles. The molecule has 2 aromatic rings. The number of rotatable bonds is 7. The molecule has 2 N–H and O–H groups in total. The summed E-state index contributed by atoms with van der Waals surface area (Å²) < 4.78 is 47.5. The van der Waals surface area contributed by atoms with Crippen LogP contribution in [0.2, 0.25) is 0 Å². The molecule has 162 valence electrons. The third-order valence-corrected chi connectivity index (χ3v) is 6.93. The van der Waals surface area contributed by atoms with E-state index >= 15 is 0 Å². The molecule has 2 amide bonds. The second-order valence-electron chi connectivity index (χ2n) is 7.46. The third-order valence-electron chi connectivity index (χ3n) is 5.34. The van der Waals surface area contributed by atoms with Crippen molar-refractivity contribution in [3.63, 3.8) is 0 Å². The summed E-state index contributed by atoms with van der Waals surface area (Å²) in [5.74, 6) is -0.403. The van der Waals surface area contributed by atoms with Crippen molar-refractivity contribution in [1.29, 1.82) is 0 Å². The van der Waals surface area contributed by atoms with Crippen LogP contribution in [0.4, 0.5) is 14.9 Å². The van der Waals surface area contributed by atoms with Crippen molar-refractivity contribution >= 4 is 21.7 Å². The largest absolute Gasteiger partial charge is 0.385 e. The summed E-state index contributed by atoms with van der Waals surface area (Å²) in [5.41, 5.74) is -0.112. The van der Waals surface area contributed by atoms with E-state index in [1.54, 1.807) is 38.3 Å². The minimum atomic E-state index is -3.77. The number of halogens is 1. The van der Waals surface area contributed by atoms with Crippen LogP contribution >= 0.6 is 0 Å². The van der Waals surface area contributed by atoms with Crippen molar-refractivity contribution in [2.24, 2.45) is 0 Å². The van der Waals surface area contributed by atoms with E-state index in [1.807, 2.05) is 0 Å². The first-order valence-corrected chi connectivity index (χ1v) is 11.1. The van der Waals surface area contributed by atoms with Crippen LogP contribution in [0.15, 0.2) is 53.4 Å². The average molecular weight is 436 g/mol. The molecule has 1 heterocycles. The van der Waals surface area contributed by atoms with Gasteiger partial charge in [-0.05, 0) is 44.0 Å². The number of hydrogen-bond acceptors (Lipinski definition) is 4. The molecule has 0 saturated carbocycles. The number of sulfonamides is 1. The zero-order chi connectivity index (χ0) is 21.8. The fourth-order valence-corrected chi connectivity index (χ4v) is 5.03. The van der Waals surface area contributed by atoms with Crippen LogP contribution in [0.5, 0.6) is 0 Å². The second-order valence-corrected chi connectivity index (χ2v) is 9.14. The van der Waals surface area contributed by atoms with Crippen molar-refractivity contribution in [2.45, 2.75) is 30.2 Å². The third kappa shape index (κ3) is 4.97. The molecule has 0 aliphatic carbocycles. The Bertz CT molecular complexity index is 1000. The van der Waals surface area contributed by atoms with E-state index < -0.39 is 27.4 Å². The smallest absolute Gasteiger partial charge is 0.321 e. The molecule has 0 radical (unpaired) electrons. The van der Waals surface area contributed by atoms with Gasteiger partial charge >= 0.3 is 6.03 Å². The Hall–Kier alpha value is -2.49. The van der Waals surface area contributed by atoms with Gasteiger partial charge < -0.3 is 15.0 Å². The number of likely N-dealkylation sites (tertiary alicyclic amines) is 1. The van der Waals surface area contributed by atoms with E-state index in [4.69, 9.17) is 4.74 Å². The quantitative estimate of drug-likeness (QED) is 0.700. The number of amides is 2. The molecule has 0 bridgehead atoms. The van der Waals surface area contributed by atoms with Crippen molar-refractivity contribution < 1.29 is 22.3 Å². The lowest BCUT2D eigenvalue weighted by atomic mass is 9.96. The zero-order valence-corrected chi connectivity index (χ0v) is 17.8. The van der Waals surface area contributed by atoms with Crippen LogP contribution < -0.4 is 10.0 Å². The van der Waals surface area contributed by atoms with Crippen LogP contribution in [0.1, 0.15) is 18.4 Å². The van der Waals surface area contributed by atoms with Crippen LogP contribution in [-0.4, -0.2) is 51.7 Å². The molecule has 0 aromatic heterocycles. The number of carbonyl (C=O) groups is 1. The fourth-order valence-electron chi connectivity index (χ4n) is 3.56. The van der Waals surface area contributed by atoms with E-state index in [9.17, 15) is 17.6 Å². The Kier molecular flexibility index (Phi) is 6.74. The molecule has 1 fully saturated rings. The summed E-state index contributed by atoms with van der Waals surface area (Å²) in [6.07, 6.45) is 0.857. The Balaban J connectivity index is 1.77. The van der Waals surface area contributed by atoms with Gasteiger partial charge in [0, 0.05) is 38.1 Å². The molecule has 1 unspecified atom stereocenters. The molecular formula is C21H26FN3O4S. The highest BCUT2D eigenvalue weighted by molar-refractivity contribution is 7.89. The standard InChI is InChI=1S/C21H26FN3O4S/c1-16-18(22)9-6-10-19(16)23-20(26)25-13-11-21(15-25,12-14-29-2)24-30(27,28)17-7-4-3-5-8-17/h3-10,24H,11-15H2,1-2H3,(H,23,26). The van der Waals surface area contributed by atoms with Gasteiger partial charge in [0.05, 0.1) is 10.4 Å². The number of ether oxygens (including phenoxy) is 1. The van der Waals surface area contributed by atoms with Crippen molar-refractivity contribution in [2.75, 3.05) is 32.1 Å². The normalized spacial score (nSPS) is 19.1. The predicted molar refractivity (Wildman–Crippen MR) is 112 cm³/mol. The first-order chi connectivity index (χ1) is 14.3. The fraction of sp³-hybridized carbons (Fsp3) is 0.381. The molecule has 7 nitrogen and oxygen atoms in total. The van der Waals surface area contributed by atoms with Gasteiger partial charge in [0.15, 0.2) is 0 Å². The SMILES string of the molecule is COCCC1(NS(=O)(=O)c2ccccc2)CCN(C(=O)Nc2cccc(F)c2C)C1. The Labute approximate surface area is 176 Å². The number of nitrogens with zero attached hydrogens (tertiary/aromatic N) is 1. The second kappa shape index (κ2) is 9.11. The highest BCUT2D eigenvalue weighted by Gasteiger charge is 2.43. The van der Waals surface area contributed by atoms with Crippen molar-refractivity contribution in [3.05, 3.63) is 59.9 Å². The number of hydrogen-bond donors (Lipinski definition) is 2. The van der Waals surface area contributed by atoms with Gasteiger partial charge in [-0.2, -0.15) is 0 Å². The van der Waals surface area contributed by atoms with Gasteiger partial charge in [0.2, 0.25) is 10.0 Å².